The first-order chi connectivity index (χ1) is 11.1. The molecule has 1 aromatic rings. The van der Waals surface area contributed by atoms with Crippen LogP contribution in [0.3, 0.4) is 0 Å². The van der Waals surface area contributed by atoms with Gasteiger partial charge in [-0.25, -0.2) is 0 Å². The maximum Gasteiger partial charge on any atom is 0.224 e. The van der Waals surface area contributed by atoms with Crippen LogP contribution < -0.4 is 5.32 Å². The van der Waals surface area contributed by atoms with Gasteiger partial charge < -0.3 is 10.4 Å². The van der Waals surface area contributed by atoms with Crippen LogP contribution in [0, 0.1) is 5.92 Å². The van der Waals surface area contributed by atoms with Gasteiger partial charge in [-0.15, -0.1) is 0 Å². The molecule has 0 bridgehead atoms. The Hall–Kier alpha value is -1.39. The van der Waals surface area contributed by atoms with Gasteiger partial charge in [0.25, 0.3) is 0 Å². The number of nitrogens with zero attached hydrogens (tertiary/aromatic N) is 1. The number of amides is 1. The van der Waals surface area contributed by atoms with Gasteiger partial charge in [0.15, 0.2) is 0 Å². The molecule has 0 spiro atoms. The molecule has 1 saturated heterocycles. The second-order valence-corrected chi connectivity index (χ2v) is 7.21. The molecule has 0 aromatic heterocycles. The van der Waals surface area contributed by atoms with Crippen molar-refractivity contribution in [3.05, 3.63) is 35.9 Å². The van der Waals surface area contributed by atoms with Crippen LogP contribution in [-0.2, 0) is 11.3 Å². The number of benzene rings is 1. The monoisotopic (exact) mass is 316 g/mol. The van der Waals surface area contributed by atoms with Crippen LogP contribution in [0.4, 0.5) is 0 Å². The minimum absolute atomic E-state index is 0.0610. The molecule has 1 aliphatic carbocycles. The van der Waals surface area contributed by atoms with Gasteiger partial charge in [-0.1, -0.05) is 49.6 Å². The third-order valence-electron chi connectivity index (χ3n) is 5.27. The third-order valence-corrected chi connectivity index (χ3v) is 5.27. The van der Waals surface area contributed by atoms with Crippen molar-refractivity contribution in [3.8, 4) is 0 Å². The van der Waals surface area contributed by atoms with Crippen molar-refractivity contribution in [2.45, 2.75) is 50.7 Å². The standard InChI is InChI=1S/C19H28N2O2/c22-18(20-15-19(23)10-5-2-6-11-19)17-9-12-21(14-17)13-16-7-3-1-4-8-16/h1,3-4,7-8,17,23H,2,5-6,9-15H2,(H,20,22)/t17-/m0/s1. The second-order valence-electron chi connectivity index (χ2n) is 7.21. The number of rotatable bonds is 5. The molecule has 1 aliphatic heterocycles. The van der Waals surface area contributed by atoms with Crippen LogP contribution in [-0.4, -0.2) is 41.1 Å². The van der Waals surface area contributed by atoms with E-state index in [0.29, 0.717) is 6.54 Å². The first-order valence-corrected chi connectivity index (χ1v) is 8.91. The summed E-state index contributed by atoms with van der Waals surface area (Å²) in [6.07, 6.45) is 5.89. The van der Waals surface area contributed by atoms with Gasteiger partial charge >= 0.3 is 0 Å². The van der Waals surface area contributed by atoms with Gasteiger partial charge in [0.1, 0.15) is 0 Å². The van der Waals surface area contributed by atoms with E-state index in [1.54, 1.807) is 0 Å². The van der Waals surface area contributed by atoms with Gasteiger partial charge in [-0.05, 0) is 31.4 Å². The molecule has 126 valence electrons. The van der Waals surface area contributed by atoms with Crippen LogP contribution in [0.15, 0.2) is 30.3 Å². The van der Waals surface area contributed by atoms with Crippen molar-refractivity contribution in [3.63, 3.8) is 0 Å². The van der Waals surface area contributed by atoms with Gasteiger partial charge in [0, 0.05) is 19.6 Å². The van der Waals surface area contributed by atoms with Gasteiger partial charge in [0.2, 0.25) is 5.91 Å². The van der Waals surface area contributed by atoms with E-state index in [-0.39, 0.29) is 11.8 Å². The van der Waals surface area contributed by atoms with Crippen LogP contribution in [0.1, 0.15) is 44.1 Å². The summed E-state index contributed by atoms with van der Waals surface area (Å²) in [5.74, 6) is 0.172. The van der Waals surface area contributed by atoms with E-state index in [1.165, 1.54) is 12.0 Å². The molecule has 4 nitrogen and oxygen atoms in total. The van der Waals surface area contributed by atoms with Gasteiger partial charge in [-0.3, -0.25) is 9.69 Å². The Bertz CT molecular complexity index is 511. The third kappa shape index (κ3) is 4.55. The Morgan fingerprint density at radius 2 is 1.96 bits per heavy atom. The number of nitrogens with one attached hydrogen (secondary N) is 1. The smallest absolute Gasteiger partial charge is 0.224 e. The summed E-state index contributed by atoms with van der Waals surface area (Å²) in [5.41, 5.74) is 0.626. The van der Waals surface area contributed by atoms with E-state index in [1.807, 2.05) is 6.07 Å². The Kier molecular flexibility index (Phi) is 5.34. The fourth-order valence-electron chi connectivity index (χ4n) is 3.81. The summed E-state index contributed by atoms with van der Waals surface area (Å²) in [4.78, 5) is 14.7. The molecular weight excluding hydrogens is 288 g/mol. The molecule has 0 radical (unpaired) electrons. The number of aliphatic hydroxyl groups is 1. The molecule has 3 rings (SSSR count). The lowest BCUT2D eigenvalue weighted by molar-refractivity contribution is -0.126. The topological polar surface area (TPSA) is 52.6 Å². The Morgan fingerprint density at radius 1 is 1.22 bits per heavy atom. The number of likely N-dealkylation sites (tertiary alicyclic amines) is 1. The van der Waals surface area contributed by atoms with Crippen molar-refractivity contribution >= 4 is 5.91 Å². The lowest BCUT2D eigenvalue weighted by atomic mass is 9.85. The predicted molar refractivity (Wildman–Crippen MR) is 90.9 cm³/mol. The zero-order valence-electron chi connectivity index (χ0n) is 13.8. The molecule has 4 heteroatoms. The molecular formula is C19H28N2O2. The highest BCUT2D eigenvalue weighted by Crippen LogP contribution is 2.27. The van der Waals surface area contributed by atoms with E-state index in [0.717, 1.165) is 51.7 Å². The van der Waals surface area contributed by atoms with E-state index in [2.05, 4.69) is 34.5 Å². The molecule has 0 unspecified atom stereocenters. The number of hydrogen-bond acceptors (Lipinski definition) is 3. The fourth-order valence-corrected chi connectivity index (χ4v) is 3.81. The van der Waals surface area contributed by atoms with Crippen LogP contribution in [0.25, 0.3) is 0 Å². The molecule has 2 N–H and O–H groups in total. The summed E-state index contributed by atoms with van der Waals surface area (Å²) in [6, 6.07) is 10.4. The van der Waals surface area contributed by atoms with Crippen molar-refractivity contribution in [2.75, 3.05) is 19.6 Å². The Balaban J connectivity index is 1.44. The molecule has 1 heterocycles. The lowest BCUT2D eigenvalue weighted by Crippen LogP contribution is -2.46. The zero-order chi connectivity index (χ0) is 16.1. The first kappa shape index (κ1) is 16.5. The molecule has 1 amide bonds. The lowest BCUT2D eigenvalue weighted by Gasteiger charge is -2.32. The van der Waals surface area contributed by atoms with Crippen LogP contribution in [0.2, 0.25) is 0 Å². The second kappa shape index (κ2) is 7.45. The Morgan fingerprint density at radius 3 is 2.70 bits per heavy atom. The molecule has 1 aromatic carbocycles. The highest BCUT2D eigenvalue weighted by molar-refractivity contribution is 5.79. The average Bonchev–Trinajstić information content (AvgIpc) is 3.03. The van der Waals surface area contributed by atoms with Gasteiger partial charge in [0.05, 0.1) is 11.5 Å². The van der Waals surface area contributed by atoms with Crippen molar-refractivity contribution in [1.82, 2.24) is 10.2 Å². The van der Waals surface area contributed by atoms with E-state index < -0.39 is 5.60 Å². The van der Waals surface area contributed by atoms with E-state index >= 15 is 0 Å². The number of hydrogen-bond donors (Lipinski definition) is 2. The molecule has 1 saturated carbocycles. The predicted octanol–water partition coefficient (Wildman–Crippen LogP) is 2.32. The van der Waals surface area contributed by atoms with E-state index in [9.17, 15) is 9.90 Å². The van der Waals surface area contributed by atoms with E-state index in [4.69, 9.17) is 0 Å². The maximum atomic E-state index is 12.4. The number of carbonyl (C=O) groups excluding carboxylic acids is 1. The molecule has 2 fully saturated rings. The summed E-state index contributed by atoms with van der Waals surface area (Å²) in [5, 5.41) is 13.5. The quantitative estimate of drug-likeness (QED) is 0.876. The zero-order valence-corrected chi connectivity index (χ0v) is 13.8. The SMILES string of the molecule is O=C(NCC1(O)CCCCC1)[C@H]1CCN(Cc2ccccc2)C1. The fraction of sp³-hybridized carbons (Fsp3) is 0.632. The summed E-state index contributed by atoms with van der Waals surface area (Å²) >= 11 is 0. The largest absolute Gasteiger partial charge is 0.388 e. The van der Waals surface area contributed by atoms with Crippen LogP contribution >= 0.6 is 0 Å². The maximum absolute atomic E-state index is 12.4. The normalized spacial score (nSPS) is 24.5. The highest BCUT2D eigenvalue weighted by Gasteiger charge is 2.32. The highest BCUT2D eigenvalue weighted by atomic mass is 16.3. The summed E-state index contributed by atoms with van der Waals surface area (Å²) in [7, 11) is 0. The molecule has 2 aliphatic rings. The summed E-state index contributed by atoms with van der Waals surface area (Å²) in [6.45, 7) is 3.12. The first-order valence-electron chi connectivity index (χ1n) is 8.91. The molecule has 23 heavy (non-hydrogen) atoms. The average molecular weight is 316 g/mol. The number of carbonyl (C=O) groups is 1. The van der Waals surface area contributed by atoms with Crippen molar-refractivity contribution in [1.29, 1.82) is 0 Å². The molecule has 1 atom stereocenters. The minimum atomic E-state index is -0.670. The minimum Gasteiger partial charge on any atom is -0.388 e. The Labute approximate surface area is 138 Å². The van der Waals surface area contributed by atoms with Crippen LogP contribution in [0.5, 0.6) is 0 Å². The van der Waals surface area contributed by atoms with Crippen molar-refractivity contribution < 1.29 is 9.90 Å². The summed E-state index contributed by atoms with van der Waals surface area (Å²) < 4.78 is 0. The van der Waals surface area contributed by atoms with Gasteiger partial charge in [-0.2, -0.15) is 0 Å². The van der Waals surface area contributed by atoms with Crippen molar-refractivity contribution in [2.24, 2.45) is 5.92 Å².